The lowest BCUT2D eigenvalue weighted by Gasteiger charge is -2.39. The van der Waals surface area contributed by atoms with E-state index in [0.717, 1.165) is 70.6 Å². The molecule has 0 fully saturated rings. The molecule has 2 unspecified atom stereocenters. The summed E-state index contributed by atoms with van der Waals surface area (Å²) in [6.07, 6.45) is 49.1. The summed E-state index contributed by atoms with van der Waals surface area (Å²) in [7, 11) is 0. The van der Waals surface area contributed by atoms with Crippen molar-refractivity contribution in [2.75, 3.05) is 13.2 Å². The summed E-state index contributed by atoms with van der Waals surface area (Å²) >= 11 is 0. The topological polar surface area (TPSA) is 72.9 Å². The number of esters is 2. The molecule has 0 bridgehead atoms. The highest BCUT2D eigenvalue weighted by Gasteiger charge is 2.29. The number of carbonyl (C=O) groups excluding carboxylic acids is 3. The summed E-state index contributed by atoms with van der Waals surface area (Å²) < 4.78 is 11.6. The van der Waals surface area contributed by atoms with Crippen LogP contribution >= 0.6 is 0 Å². The summed E-state index contributed by atoms with van der Waals surface area (Å²) in [6, 6.07) is 0.684. The van der Waals surface area contributed by atoms with Crippen LogP contribution in [0.3, 0.4) is 0 Å². The van der Waals surface area contributed by atoms with Crippen molar-refractivity contribution < 1.29 is 23.9 Å². The quantitative estimate of drug-likeness (QED) is 0.0449. The zero-order valence-corrected chi connectivity index (χ0v) is 45.1. The van der Waals surface area contributed by atoms with Gasteiger partial charge in [-0.25, -0.2) is 0 Å². The minimum absolute atomic E-state index is 0.00288. The molecule has 6 heteroatoms. The Morgan fingerprint density at radius 1 is 0.308 bits per heavy atom. The predicted octanol–water partition coefficient (Wildman–Crippen LogP) is 18.8. The molecule has 0 aromatic carbocycles. The van der Waals surface area contributed by atoms with Gasteiger partial charge in [0.15, 0.2) is 0 Å². The number of ether oxygens (including phenoxy) is 2. The predicted molar refractivity (Wildman–Crippen MR) is 282 cm³/mol. The molecular weight excluding hydrogens is 803 g/mol. The first-order valence-electron chi connectivity index (χ1n) is 29.4. The van der Waals surface area contributed by atoms with Crippen LogP contribution in [0.2, 0.25) is 0 Å². The van der Waals surface area contributed by atoms with Crippen molar-refractivity contribution in [2.24, 2.45) is 11.8 Å². The number of hydrogen-bond acceptors (Lipinski definition) is 5. The van der Waals surface area contributed by atoms with Crippen LogP contribution in [0.25, 0.3) is 0 Å². The van der Waals surface area contributed by atoms with Crippen LogP contribution in [0, 0.1) is 11.8 Å². The fourth-order valence-electron chi connectivity index (χ4n) is 10.0. The van der Waals surface area contributed by atoms with E-state index in [-0.39, 0.29) is 11.9 Å². The van der Waals surface area contributed by atoms with Crippen LogP contribution in [-0.2, 0) is 23.9 Å². The van der Waals surface area contributed by atoms with Crippen LogP contribution in [0.5, 0.6) is 0 Å². The molecule has 6 nitrogen and oxygen atoms in total. The van der Waals surface area contributed by atoms with Crippen LogP contribution < -0.4 is 0 Å². The van der Waals surface area contributed by atoms with Gasteiger partial charge in [0.25, 0.3) is 0 Å². The summed E-state index contributed by atoms with van der Waals surface area (Å²) in [4.78, 5) is 41.9. The Balaban J connectivity index is 5.11. The number of unbranched alkanes of at least 4 members (excludes halogenated alkanes) is 23. The number of nitrogens with zero attached hydrogens (tertiary/aromatic N) is 1. The average molecular weight is 919 g/mol. The van der Waals surface area contributed by atoms with Crippen molar-refractivity contribution in [3.05, 3.63) is 0 Å². The molecule has 0 aliphatic carbocycles. The third kappa shape index (κ3) is 39.0. The van der Waals surface area contributed by atoms with E-state index in [0.29, 0.717) is 62.3 Å². The fraction of sp³-hybridized carbons (Fsp3) is 0.949. The number of carbonyl (C=O) groups is 3. The molecule has 0 saturated heterocycles. The Morgan fingerprint density at radius 3 is 0.985 bits per heavy atom. The van der Waals surface area contributed by atoms with Crippen molar-refractivity contribution in [1.29, 1.82) is 0 Å². The molecule has 0 aromatic heterocycles. The van der Waals surface area contributed by atoms with Crippen LogP contribution in [0.1, 0.15) is 325 Å². The fourth-order valence-corrected chi connectivity index (χ4v) is 10.0. The molecule has 1 amide bonds. The number of hydrogen-bond donors (Lipinski definition) is 0. The molecule has 65 heavy (non-hydrogen) atoms. The van der Waals surface area contributed by atoms with Gasteiger partial charge >= 0.3 is 11.9 Å². The average Bonchev–Trinajstić information content (AvgIpc) is 3.30. The molecule has 0 saturated carbocycles. The molecule has 0 spiro atoms. The van der Waals surface area contributed by atoms with Gasteiger partial charge in [0.05, 0.1) is 13.2 Å². The Morgan fingerprint density at radius 2 is 0.600 bits per heavy atom. The molecule has 0 aromatic rings. The van der Waals surface area contributed by atoms with Crippen molar-refractivity contribution in [3.8, 4) is 0 Å². The van der Waals surface area contributed by atoms with E-state index in [1.54, 1.807) is 0 Å². The third-order valence-corrected chi connectivity index (χ3v) is 14.2. The second-order valence-corrected chi connectivity index (χ2v) is 20.6. The van der Waals surface area contributed by atoms with E-state index >= 15 is 0 Å². The summed E-state index contributed by atoms with van der Waals surface area (Å²) in [5, 5.41) is 0. The molecule has 0 heterocycles. The summed E-state index contributed by atoms with van der Waals surface area (Å²) in [5.74, 6) is 1.46. The van der Waals surface area contributed by atoms with E-state index in [9.17, 15) is 14.4 Å². The minimum atomic E-state index is -0.00288. The smallest absolute Gasteiger partial charge is 0.305 e. The van der Waals surface area contributed by atoms with Crippen molar-refractivity contribution in [2.45, 2.75) is 337 Å². The lowest BCUT2D eigenvalue weighted by Crippen LogP contribution is -2.47. The first kappa shape index (κ1) is 63.4. The zero-order valence-electron chi connectivity index (χ0n) is 45.1. The highest BCUT2D eigenvalue weighted by atomic mass is 16.5. The van der Waals surface area contributed by atoms with Gasteiger partial charge in [-0.05, 0) is 82.5 Å². The standard InChI is InChI=1S/C59H115NO5/c1-8-15-20-23-30-37-48-57(61)60(55(40-13-6)41-14-7)56(46-35-28-24-26-31-38-49-58(62)64-51-53(42-18-11-4)44-33-21-16-9-2)47-36-29-25-27-32-39-50-59(63)65-52-54(43-19-12-5)45-34-22-17-10-3/h53-56H,8-52H2,1-7H3. The highest BCUT2D eigenvalue weighted by molar-refractivity contribution is 5.77. The lowest BCUT2D eigenvalue weighted by molar-refractivity contribution is -0.146. The summed E-state index contributed by atoms with van der Waals surface area (Å²) in [5.41, 5.74) is 0. The van der Waals surface area contributed by atoms with E-state index in [1.807, 2.05) is 0 Å². The second kappa shape index (κ2) is 48.9. The van der Waals surface area contributed by atoms with Crippen LogP contribution in [0.4, 0.5) is 0 Å². The summed E-state index contributed by atoms with van der Waals surface area (Å²) in [6.45, 7) is 17.1. The van der Waals surface area contributed by atoms with E-state index < -0.39 is 0 Å². The van der Waals surface area contributed by atoms with Gasteiger partial charge in [-0.2, -0.15) is 0 Å². The normalized spacial score (nSPS) is 13.0. The molecule has 0 aliphatic heterocycles. The Hall–Kier alpha value is -1.59. The van der Waals surface area contributed by atoms with Gasteiger partial charge in [0.1, 0.15) is 0 Å². The van der Waals surface area contributed by atoms with Gasteiger partial charge in [0, 0.05) is 31.3 Å². The molecule has 0 N–H and O–H groups in total. The minimum Gasteiger partial charge on any atom is -0.465 e. The van der Waals surface area contributed by atoms with Gasteiger partial charge in [-0.15, -0.1) is 0 Å². The second-order valence-electron chi connectivity index (χ2n) is 20.6. The Labute approximate surface area is 406 Å². The molecule has 0 rings (SSSR count). The van der Waals surface area contributed by atoms with E-state index in [2.05, 4.69) is 53.4 Å². The monoisotopic (exact) mass is 918 g/mol. The maximum Gasteiger partial charge on any atom is 0.305 e. The van der Waals surface area contributed by atoms with Gasteiger partial charge in [-0.1, -0.05) is 235 Å². The SMILES string of the molecule is CCCCCCCCC(=O)N(C(CCC)CCC)C(CCCCCCCCC(=O)OCC(CCCC)CCCCCC)CCCCCCCCC(=O)OCC(CCCC)CCCCCC. The van der Waals surface area contributed by atoms with Gasteiger partial charge in [-0.3, -0.25) is 14.4 Å². The molecule has 386 valence electrons. The van der Waals surface area contributed by atoms with E-state index in [1.165, 1.54) is 186 Å². The van der Waals surface area contributed by atoms with Gasteiger partial charge in [0.2, 0.25) is 5.91 Å². The van der Waals surface area contributed by atoms with Crippen molar-refractivity contribution >= 4 is 17.8 Å². The first-order valence-corrected chi connectivity index (χ1v) is 29.4. The van der Waals surface area contributed by atoms with E-state index in [4.69, 9.17) is 9.47 Å². The lowest BCUT2D eigenvalue weighted by atomic mass is 9.94. The largest absolute Gasteiger partial charge is 0.465 e. The maximum atomic E-state index is 14.2. The van der Waals surface area contributed by atoms with Crippen LogP contribution in [0.15, 0.2) is 0 Å². The Bertz CT molecular complexity index is 970. The highest BCUT2D eigenvalue weighted by Crippen LogP contribution is 2.27. The number of amides is 1. The molecule has 0 radical (unpaired) electrons. The van der Waals surface area contributed by atoms with Gasteiger partial charge < -0.3 is 14.4 Å². The molecule has 0 aliphatic rings. The maximum absolute atomic E-state index is 14.2. The number of rotatable bonds is 51. The first-order chi connectivity index (χ1) is 31.8. The van der Waals surface area contributed by atoms with Crippen LogP contribution in [-0.4, -0.2) is 48.0 Å². The molecule has 2 atom stereocenters. The Kier molecular flexibility index (Phi) is 47.7. The zero-order chi connectivity index (χ0) is 47.9. The van der Waals surface area contributed by atoms with Crippen molar-refractivity contribution in [3.63, 3.8) is 0 Å². The van der Waals surface area contributed by atoms with Crippen molar-refractivity contribution in [1.82, 2.24) is 4.90 Å². The third-order valence-electron chi connectivity index (χ3n) is 14.2. The molecular formula is C59H115NO5.